The first-order chi connectivity index (χ1) is 6.70. The van der Waals surface area contributed by atoms with Crippen LogP contribution in [0.25, 0.3) is 0 Å². The second-order valence-corrected chi connectivity index (χ2v) is 4.35. The van der Waals surface area contributed by atoms with Crippen LogP contribution < -0.4 is 5.73 Å². The van der Waals surface area contributed by atoms with Gasteiger partial charge in [-0.25, -0.2) is 0 Å². The lowest BCUT2D eigenvalue weighted by atomic mass is 10.2. The number of halogens is 1. The maximum absolute atomic E-state index is 5.98. The van der Waals surface area contributed by atoms with E-state index >= 15 is 0 Å². The molecule has 2 nitrogen and oxygen atoms in total. The molecule has 0 aliphatic heterocycles. The topological polar surface area (TPSA) is 35.2 Å². The van der Waals surface area contributed by atoms with Crippen LogP contribution in [0, 0.1) is 0 Å². The molecule has 0 saturated heterocycles. The fourth-order valence-corrected chi connectivity index (χ4v) is 1.47. The summed E-state index contributed by atoms with van der Waals surface area (Å²) in [4.78, 5) is 0. The van der Waals surface area contributed by atoms with Gasteiger partial charge in [-0.2, -0.15) is 0 Å². The van der Waals surface area contributed by atoms with Crippen LogP contribution in [0.15, 0.2) is 24.3 Å². The van der Waals surface area contributed by atoms with Crippen LogP contribution in [0.4, 0.5) is 0 Å². The van der Waals surface area contributed by atoms with Gasteiger partial charge in [-0.3, -0.25) is 0 Å². The molecule has 2 rings (SSSR count). The summed E-state index contributed by atoms with van der Waals surface area (Å²) in [7, 11) is 0. The lowest BCUT2D eigenvalue weighted by molar-refractivity contribution is 0.102. The van der Waals surface area contributed by atoms with Gasteiger partial charge in [-0.15, -0.1) is 0 Å². The molecular formula is C11H14ClNO. The third-order valence-corrected chi connectivity index (χ3v) is 2.87. The lowest BCUT2D eigenvalue weighted by Gasteiger charge is -2.10. The molecule has 14 heavy (non-hydrogen) atoms. The first-order valence-corrected chi connectivity index (χ1v) is 5.17. The highest BCUT2D eigenvalue weighted by Crippen LogP contribution is 2.32. The molecule has 1 aliphatic rings. The fraction of sp³-hybridized carbons (Fsp3) is 0.455. The summed E-state index contributed by atoms with van der Waals surface area (Å²) in [6.45, 7) is 1.19. The van der Waals surface area contributed by atoms with E-state index in [9.17, 15) is 0 Å². The summed E-state index contributed by atoms with van der Waals surface area (Å²) in [6, 6.07) is 7.71. The number of rotatable bonds is 4. The molecule has 0 unspecified atom stereocenters. The van der Waals surface area contributed by atoms with Gasteiger partial charge in [0.25, 0.3) is 0 Å². The van der Waals surface area contributed by atoms with E-state index in [-0.39, 0.29) is 5.54 Å². The van der Waals surface area contributed by atoms with Crippen molar-refractivity contribution in [1.29, 1.82) is 0 Å². The highest BCUT2D eigenvalue weighted by molar-refractivity contribution is 6.31. The number of hydrogen-bond donors (Lipinski definition) is 1. The van der Waals surface area contributed by atoms with Crippen molar-refractivity contribution in [2.75, 3.05) is 6.61 Å². The van der Waals surface area contributed by atoms with Crippen molar-refractivity contribution >= 4 is 11.6 Å². The van der Waals surface area contributed by atoms with Crippen molar-refractivity contribution < 1.29 is 4.74 Å². The average Bonchev–Trinajstić information content (AvgIpc) is 2.88. The molecule has 0 amide bonds. The number of benzene rings is 1. The molecule has 1 aliphatic carbocycles. The molecule has 76 valence electrons. The standard InChI is InChI=1S/C11H14ClNO/c12-10-4-2-1-3-9(10)7-14-8-11(13)5-6-11/h1-4H,5-8,13H2. The van der Waals surface area contributed by atoms with Crippen molar-refractivity contribution in [3.05, 3.63) is 34.9 Å². The molecule has 1 fully saturated rings. The summed E-state index contributed by atoms with van der Waals surface area (Å²) >= 11 is 5.98. The van der Waals surface area contributed by atoms with Crippen LogP contribution in [0.2, 0.25) is 5.02 Å². The lowest BCUT2D eigenvalue weighted by Crippen LogP contribution is -2.27. The van der Waals surface area contributed by atoms with Crippen LogP contribution in [0.5, 0.6) is 0 Å². The molecular weight excluding hydrogens is 198 g/mol. The summed E-state index contributed by atoms with van der Waals surface area (Å²) in [5, 5.41) is 0.759. The Morgan fingerprint density at radius 3 is 2.71 bits per heavy atom. The van der Waals surface area contributed by atoms with Crippen LogP contribution in [-0.4, -0.2) is 12.1 Å². The van der Waals surface area contributed by atoms with Crippen LogP contribution >= 0.6 is 11.6 Å². The second kappa shape index (κ2) is 3.89. The van der Waals surface area contributed by atoms with E-state index in [2.05, 4.69) is 0 Å². The zero-order valence-electron chi connectivity index (χ0n) is 8.00. The second-order valence-electron chi connectivity index (χ2n) is 3.95. The Morgan fingerprint density at radius 1 is 1.36 bits per heavy atom. The Labute approximate surface area is 89.0 Å². The van der Waals surface area contributed by atoms with Crippen LogP contribution in [0.3, 0.4) is 0 Å². The van der Waals surface area contributed by atoms with Gasteiger partial charge in [0, 0.05) is 10.6 Å². The number of hydrogen-bond acceptors (Lipinski definition) is 2. The third-order valence-electron chi connectivity index (χ3n) is 2.50. The van der Waals surface area contributed by atoms with Gasteiger partial charge in [0.2, 0.25) is 0 Å². The number of nitrogens with two attached hydrogens (primary N) is 1. The fourth-order valence-electron chi connectivity index (χ4n) is 1.28. The van der Waals surface area contributed by atoms with Crippen LogP contribution in [0.1, 0.15) is 18.4 Å². The van der Waals surface area contributed by atoms with E-state index in [1.165, 1.54) is 0 Å². The zero-order chi connectivity index (χ0) is 10.0. The molecule has 0 spiro atoms. The quantitative estimate of drug-likeness (QED) is 0.830. The molecule has 1 aromatic carbocycles. The van der Waals surface area contributed by atoms with Gasteiger partial charge in [0.05, 0.1) is 13.2 Å². The Balaban J connectivity index is 1.83. The highest BCUT2D eigenvalue weighted by atomic mass is 35.5. The average molecular weight is 212 g/mol. The molecule has 1 saturated carbocycles. The maximum Gasteiger partial charge on any atom is 0.0732 e. The monoisotopic (exact) mass is 211 g/mol. The maximum atomic E-state index is 5.98. The van der Waals surface area contributed by atoms with Gasteiger partial charge in [0.1, 0.15) is 0 Å². The van der Waals surface area contributed by atoms with Gasteiger partial charge in [-0.05, 0) is 24.5 Å². The summed E-state index contributed by atoms with van der Waals surface area (Å²) in [6.07, 6.45) is 2.16. The molecule has 0 bridgehead atoms. The predicted molar refractivity (Wildman–Crippen MR) is 57.3 cm³/mol. The van der Waals surface area contributed by atoms with Gasteiger partial charge < -0.3 is 10.5 Å². The summed E-state index contributed by atoms with van der Waals surface area (Å²) in [5.74, 6) is 0. The van der Waals surface area contributed by atoms with E-state index in [4.69, 9.17) is 22.1 Å². The molecule has 0 heterocycles. The normalized spacial score (nSPS) is 18.1. The first kappa shape index (κ1) is 9.97. The molecule has 2 N–H and O–H groups in total. The van der Waals surface area contributed by atoms with Gasteiger partial charge in [0.15, 0.2) is 0 Å². The Hall–Kier alpha value is -0.570. The van der Waals surface area contributed by atoms with Crippen LogP contribution in [-0.2, 0) is 11.3 Å². The van der Waals surface area contributed by atoms with Crippen molar-refractivity contribution in [1.82, 2.24) is 0 Å². The zero-order valence-corrected chi connectivity index (χ0v) is 8.76. The minimum absolute atomic E-state index is 0.0404. The Kier molecular flexibility index (Phi) is 2.77. The minimum atomic E-state index is -0.0404. The van der Waals surface area contributed by atoms with Gasteiger partial charge in [-0.1, -0.05) is 29.8 Å². The first-order valence-electron chi connectivity index (χ1n) is 4.80. The summed E-state index contributed by atoms with van der Waals surface area (Å²) < 4.78 is 5.52. The van der Waals surface area contributed by atoms with Crippen molar-refractivity contribution in [2.45, 2.75) is 25.0 Å². The van der Waals surface area contributed by atoms with Crippen molar-refractivity contribution in [3.8, 4) is 0 Å². The molecule has 0 radical (unpaired) electrons. The minimum Gasteiger partial charge on any atom is -0.375 e. The SMILES string of the molecule is NC1(COCc2ccccc2Cl)CC1. The van der Waals surface area contributed by atoms with E-state index in [1.54, 1.807) is 0 Å². The van der Waals surface area contributed by atoms with Crippen molar-refractivity contribution in [3.63, 3.8) is 0 Å². The van der Waals surface area contributed by atoms with E-state index in [1.807, 2.05) is 24.3 Å². The Bertz CT molecular complexity index is 323. The molecule has 1 aromatic rings. The Morgan fingerprint density at radius 2 is 2.07 bits per heavy atom. The molecule has 0 atom stereocenters. The van der Waals surface area contributed by atoms with Gasteiger partial charge >= 0.3 is 0 Å². The highest BCUT2D eigenvalue weighted by Gasteiger charge is 2.38. The smallest absolute Gasteiger partial charge is 0.0732 e. The molecule has 3 heteroatoms. The van der Waals surface area contributed by atoms with E-state index < -0.39 is 0 Å². The predicted octanol–water partition coefficient (Wildman–Crippen LogP) is 2.35. The van der Waals surface area contributed by atoms with E-state index in [0.29, 0.717) is 13.2 Å². The van der Waals surface area contributed by atoms with E-state index in [0.717, 1.165) is 23.4 Å². The summed E-state index contributed by atoms with van der Waals surface area (Å²) in [5.41, 5.74) is 6.88. The van der Waals surface area contributed by atoms with Crippen molar-refractivity contribution in [2.24, 2.45) is 5.73 Å². The number of ether oxygens (including phenoxy) is 1. The third kappa shape index (κ3) is 2.47. The largest absolute Gasteiger partial charge is 0.375 e. The molecule has 0 aromatic heterocycles.